The summed E-state index contributed by atoms with van der Waals surface area (Å²) in [4.78, 5) is 0. The highest BCUT2D eigenvalue weighted by Gasteiger charge is 2.03. The molecule has 12 heavy (non-hydrogen) atoms. The zero-order chi connectivity index (χ0) is 9.14. The number of thioether (sulfide) groups is 1. The molecule has 0 bridgehead atoms. The van der Waals surface area contributed by atoms with Crippen molar-refractivity contribution < 1.29 is 4.39 Å². The van der Waals surface area contributed by atoms with Crippen LogP contribution < -0.4 is 0 Å². The molecule has 1 nitrogen and oxygen atoms in total. The van der Waals surface area contributed by atoms with Crippen molar-refractivity contribution in [1.82, 2.24) is 0 Å². The number of benzene rings is 1. The van der Waals surface area contributed by atoms with Gasteiger partial charge in [-0.15, -0.1) is 11.8 Å². The van der Waals surface area contributed by atoms with Crippen LogP contribution in [0, 0.1) is 11.2 Å². The molecular weight excluding hydrogens is 197 g/mol. The predicted octanol–water partition coefficient (Wildman–Crippen LogP) is 3.17. The maximum Gasteiger partial charge on any atom is 0.141 e. The van der Waals surface area contributed by atoms with Crippen LogP contribution in [0.15, 0.2) is 18.2 Å². The zero-order valence-corrected chi connectivity index (χ0v) is 7.97. The summed E-state index contributed by atoms with van der Waals surface area (Å²) in [6.07, 6.45) is 1.79. The van der Waals surface area contributed by atoms with Crippen LogP contribution in [0.1, 0.15) is 5.56 Å². The van der Waals surface area contributed by atoms with Crippen molar-refractivity contribution in [2.24, 2.45) is 0 Å². The molecule has 4 heteroatoms. The smallest absolute Gasteiger partial charge is 0.141 e. The van der Waals surface area contributed by atoms with E-state index in [1.807, 2.05) is 0 Å². The number of halogens is 2. The molecule has 0 saturated heterocycles. The third-order valence-corrected chi connectivity index (χ3v) is 2.32. The van der Waals surface area contributed by atoms with Crippen LogP contribution >= 0.6 is 23.4 Å². The van der Waals surface area contributed by atoms with E-state index in [-0.39, 0.29) is 5.02 Å². The highest BCUT2D eigenvalue weighted by atomic mass is 35.5. The lowest BCUT2D eigenvalue weighted by atomic mass is 10.2. The van der Waals surface area contributed by atoms with E-state index in [1.165, 1.54) is 23.9 Å². The minimum absolute atomic E-state index is 0.0614. The first-order chi connectivity index (χ1) is 5.65. The molecule has 64 valence electrons. The molecule has 1 N–H and O–H groups in total. The van der Waals surface area contributed by atoms with Gasteiger partial charge in [0.1, 0.15) is 5.82 Å². The molecular formula is C8H7ClFNS. The molecule has 0 unspecified atom stereocenters. The number of hydrogen-bond acceptors (Lipinski definition) is 2. The summed E-state index contributed by atoms with van der Waals surface area (Å²) in [7, 11) is 0. The first kappa shape index (κ1) is 9.55. The topological polar surface area (TPSA) is 23.9 Å². The van der Waals surface area contributed by atoms with Crippen molar-refractivity contribution in [2.45, 2.75) is 0 Å². The van der Waals surface area contributed by atoms with Gasteiger partial charge in [-0.05, 0) is 24.5 Å². The number of rotatable bonds is 1. The average molecular weight is 204 g/mol. The van der Waals surface area contributed by atoms with Gasteiger partial charge in [0.15, 0.2) is 0 Å². The van der Waals surface area contributed by atoms with Gasteiger partial charge in [0, 0.05) is 5.56 Å². The molecule has 0 aliphatic rings. The number of nitrogens with one attached hydrogen (secondary N) is 1. The summed E-state index contributed by atoms with van der Waals surface area (Å²) in [5, 5.41) is 7.87. The Morgan fingerprint density at radius 3 is 2.75 bits per heavy atom. The maximum atomic E-state index is 12.7. The quantitative estimate of drug-likeness (QED) is 0.550. The minimum Gasteiger partial charge on any atom is -0.293 e. The molecule has 0 aliphatic heterocycles. The molecule has 0 heterocycles. The number of hydrogen-bond donors (Lipinski definition) is 1. The molecule has 1 aromatic carbocycles. The summed E-state index contributed by atoms with van der Waals surface area (Å²) in [6.45, 7) is 0. The van der Waals surface area contributed by atoms with Gasteiger partial charge in [-0.1, -0.05) is 11.6 Å². The lowest BCUT2D eigenvalue weighted by Gasteiger charge is -2.00. The molecule has 1 rings (SSSR count). The van der Waals surface area contributed by atoms with E-state index in [0.29, 0.717) is 10.6 Å². The Bertz CT molecular complexity index is 314. The Morgan fingerprint density at radius 2 is 2.25 bits per heavy atom. The Kier molecular flexibility index (Phi) is 3.12. The highest BCUT2D eigenvalue weighted by Crippen LogP contribution is 2.18. The van der Waals surface area contributed by atoms with E-state index in [2.05, 4.69) is 0 Å². The van der Waals surface area contributed by atoms with Crippen LogP contribution in [-0.4, -0.2) is 11.3 Å². The van der Waals surface area contributed by atoms with Crippen LogP contribution in [0.25, 0.3) is 0 Å². The first-order valence-electron chi connectivity index (χ1n) is 3.23. The van der Waals surface area contributed by atoms with E-state index >= 15 is 0 Å². The van der Waals surface area contributed by atoms with Gasteiger partial charge in [0.25, 0.3) is 0 Å². The summed E-state index contributed by atoms with van der Waals surface area (Å²) in [6, 6.07) is 4.26. The Morgan fingerprint density at radius 1 is 1.58 bits per heavy atom. The third kappa shape index (κ3) is 1.99. The Hall–Kier alpha value is -0.540. The minimum atomic E-state index is -0.450. The molecule has 0 aromatic heterocycles. The molecule has 0 atom stereocenters. The summed E-state index contributed by atoms with van der Waals surface area (Å²) < 4.78 is 12.7. The van der Waals surface area contributed by atoms with Crippen LogP contribution in [0.5, 0.6) is 0 Å². The van der Waals surface area contributed by atoms with Crippen LogP contribution in [-0.2, 0) is 0 Å². The zero-order valence-electron chi connectivity index (χ0n) is 6.40. The normalized spacial score (nSPS) is 9.92. The van der Waals surface area contributed by atoms with Gasteiger partial charge in [-0.2, -0.15) is 0 Å². The fourth-order valence-electron chi connectivity index (χ4n) is 0.755. The predicted molar refractivity (Wildman–Crippen MR) is 51.8 cm³/mol. The molecule has 1 aromatic rings. The second-order valence-corrected chi connectivity index (χ2v) is 3.39. The molecule has 0 radical (unpaired) electrons. The van der Waals surface area contributed by atoms with E-state index < -0.39 is 5.82 Å². The lowest BCUT2D eigenvalue weighted by Crippen LogP contribution is -1.92. The lowest BCUT2D eigenvalue weighted by molar-refractivity contribution is 0.628. The fourth-order valence-corrected chi connectivity index (χ4v) is 1.30. The van der Waals surface area contributed by atoms with E-state index in [9.17, 15) is 4.39 Å². The van der Waals surface area contributed by atoms with E-state index in [0.717, 1.165) is 0 Å². The van der Waals surface area contributed by atoms with Crippen molar-refractivity contribution in [3.05, 3.63) is 34.6 Å². The fraction of sp³-hybridized carbons (Fsp3) is 0.125. The summed E-state index contributed by atoms with van der Waals surface area (Å²) in [5.74, 6) is -0.450. The van der Waals surface area contributed by atoms with Crippen molar-refractivity contribution >= 4 is 28.4 Å². The third-order valence-electron chi connectivity index (χ3n) is 1.39. The molecule has 0 amide bonds. The van der Waals surface area contributed by atoms with Gasteiger partial charge in [0.05, 0.1) is 10.1 Å². The van der Waals surface area contributed by atoms with Crippen molar-refractivity contribution in [3.8, 4) is 0 Å². The highest BCUT2D eigenvalue weighted by molar-refractivity contribution is 8.13. The van der Waals surface area contributed by atoms with Crippen LogP contribution in [0.3, 0.4) is 0 Å². The van der Waals surface area contributed by atoms with Gasteiger partial charge < -0.3 is 0 Å². The summed E-state index contributed by atoms with van der Waals surface area (Å²) in [5.41, 5.74) is 0.647. The maximum absolute atomic E-state index is 12.7. The molecule has 0 saturated carbocycles. The van der Waals surface area contributed by atoms with Gasteiger partial charge in [-0.25, -0.2) is 4.39 Å². The second kappa shape index (κ2) is 3.92. The monoisotopic (exact) mass is 203 g/mol. The van der Waals surface area contributed by atoms with E-state index in [1.54, 1.807) is 12.3 Å². The second-order valence-electron chi connectivity index (χ2n) is 2.16. The molecule has 0 fully saturated rings. The van der Waals surface area contributed by atoms with Gasteiger partial charge in [-0.3, -0.25) is 5.41 Å². The molecule has 0 spiro atoms. The van der Waals surface area contributed by atoms with Crippen LogP contribution in [0.4, 0.5) is 4.39 Å². The van der Waals surface area contributed by atoms with Crippen molar-refractivity contribution in [2.75, 3.05) is 6.26 Å². The van der Waals surface area contributed by atoms with Gasteiger partial charge >= 0.3 is 0 Å². The Labute approximate surface area is 79.4 Å². The van der Waals surface area contributed by atoms with E-state index in [4.69, 9.17) is 17.0 Å². The molecule has 0 aliphatic carbocycles. The standard InChI is InChI=1S/C8H7ClFNS/c1-12-8(11)5-2-3-7(10)6(9)4-5/h2-4,11H,1H3. The van der Waals surface area contributed by atoms with Gasteiger partial charge in [0.2, 0.25) is 0 Å². The summed E-state index contributed by atoms with van der Waals surface area (Å²) >= 11 is 6.83. The largest absolute Gasteiger partial charge is 0.293 e. The van der Waals surface area contributed by atoms with Crippen LogP contribution in [0.2, 0.25) is 5.02 Å². The Balaban J connectivity index is 3.05. The average Bonchev–Trinajstić information content (AvgIpc) is 2.08. The van der Waals surface area contributed by atoms with Crippen molar-refractivity contribution in [3.63, 3.8) is 0 Å². The SMILES string of the molecule is CSC(=N)c1ccc(F)c(Cl)c1. The first-order valence-corrected chi connectivity index (χ1v) is 4.83. The van der Waals surface area contributed by atoms with Crippen molar-refractivity contribution in [1.29, 1.82) is 5.41 Å².